The molecule has 0 unspecified atom stereocenters. The van der Waals surface area contributed by atoms with Gasteiger partial charge in [0.05, 0.1) is 11.6 Å². The number of carbonyl (C=O) groups excluding carboxylic acids is 1. The summed E-state index contributed by atoms with van der Waals surface area (Å²) in [7, 11) is 0. The first kappa shape index (κ1) is 22.6. The van der Waals surface area contributed by atoms with E-state index in [4.69, 9.17) is 0 Å². The summed E-state index contributed by atoms with van der Waals surface area (Å²) < 4.78 is 1.99. The van der Waals surface area contributed by atoms with Crippen LogP contribution in [0, 0.1) is 11.3 Å². The number of amides is 1. The number of nitrogens with one attached hydrogen (secondary N) is 1. The van der Waals surface area contributed by atoms with Gasteiger partial charge in [-0.2, -0.15) is 5.26 Å². The highest BCUT2D eigenvalue weighted by Gasteiger charge is 2.16. The molecule has 6 nitrogen and oxygen atoms in total. The van der Waals surface area contributed by atoms with Gasteiger partial charge in [-0.15, -0.1) is 0 Å². The van der Waals surface area contributed by atoms with Crippen molar-refractivity contribution in [2.45, 2.75) is 19.5 Å². The van der Waals surface area contributed by atoms with E-state index in [-0.39, 0.29) is 17.2 Å². The summed E-state index contributed by atoms with van der Waals surface area (Å²) >= 11 is 0. The lowest BCUT2D eigenvalue weighted by atomic mass is 10.1. The van der Waals surface area contributed by atoms with Gasteiger partial charge >= 0.3 is 5.97 Å². The van der Waals surface area contributed by atoms with Crippen molar-refractivity contribution in [3.63, 3.8) is 0 Å². The summed E-state index contributed by atoms with van der Waals surface area (Å²) in [6, 6.07) is 25.8. The van der Waals surface area contributed by atoms with Crippen molar-refractivity contribution in [3.05, 3.63) is 113 Å². The normalized spacial score (nSPS) is 12.2. The molecule has 0 aliphatic carbocycles. The molecule has 0 saturated carbocycles. The molecule has 34 heavy (non-hydrogen) atoms. The zero-order chi connectivity index (χ0) is 24.1. The second kappa shape index (κ2) is 9.88. The van der Waals surface area contributed by atoms with Crippen molar-refractivity contribution in [2.75, 3.05) is 0 Å². The molecule has 0 saturated heterocycles. The third-order valence-corrected chi connectivity index (χ3v) is 5.66. The van der Waals surface area contributed by atoms with Crippen LogP contribution in [-0.4, -0.2) is 21.6 Å². The van der Waals surface area contributed by atoms with Gasteiger partial charge in [-0.3, -0.25) is 4.79 Å². The van der Waals surface area contributed by atoms with Crippen LogP contribution >= 0.6 is 0 Å². The Hall–Kier alpha value is -4.63. The maximum atomic E-state index is 12.8. The Morgan fingerprint density at radius 1 is 1.06 bits per heavy atom. The number of hydrogen-bond acceptors (Lipinski definition) is 3. The largest absolute Gasteiger partial charge is 0.478 e. The van der Waals surface area contributed by atoms with Crippen molar-refractivity contribution in [1.29, 1.82) is 5.26 Å². The van der Waals surface area contributed by atoms with Crippen molar-refractivity contribution in [1.82, 2.24) is 9.88 Å². The van der Waals surface area contributed by atoms with Gasteiger partial charge < -0.3 is 15.0 Å². The molecule has 0 aliphatic heterocycles. The first-order valence-electron chi connectivity index (χ1n) is 10.8. The molecular formula is C28H23N3O3. The number of hydrogen-bond donors (Lipinski definition) is 2. The molecule has 4 rings (SSSR count). The molecule has 0 aliphatic rings. The molecule has 168 valence electrons. The first-order chi connectivity index (χ1) is 16.5. The molecule has 0 bridgehead atoms. The van der Waals surface area contributed by atoms with E-state index in [1.165, 1.54) is 0 Å². The van der Waals surface area contributed by atoms with Gasteiger partial charge in [0.15, 0.2) is 0 Å². The van der Waals surface area contributed by atoms with E-state index in [2.05, 4.69) is 5.32 Å². The predicted molar refractivity (Wildman–Crippen MR) is 131 cm³/mol. The molecule has 2 N–H and O–H groups in total. The Morgan fingerprint density at radius 3 is 2.53 bits per heavy atom. The fraction of sp³-hybridized carbons (Fsp3) is 0.107. The third-order valence-electron chi connectivity index (χ3n) is 5.66. The molecule has 1 atom stereocenters. The van der Waals surface area contributed by atoms with Crippen LogP contribution < -0.4 is 5.32 Å². The number of nitrogens with zero attached hydrogens (tertiary/aromatic N) is 2. The lowest BCUT2D eigenvalue weighted by Gasteiger charge is -2.13. The average Bonchev–Trinajstić information content (AvgIpc) is 3.20. The number of carbonyl (C=O) groups is 2. The van der Waals surface area contributed by atoms with Crippen LogP contribution in [0.25, 0.3) is 17.0 Å². The van der Waals surface area contributed by atoms with E-state index >= 15 is 0 Å². The highest BCUT2D eigenvalue weighted by atomic mass is 16.4. The van der Waals surface area contributed by atoms with Gasteiger partial charge in [0.1, 0.15) is 11.6 Å². The van der Waals surface area contributed by atoms with Gasteiger partial charge in [0, 0.05) is 29.2 Å². The monoisotopic (exact) mass is 449 g/mol. The van der Waals surface area contributed by atoms with Crippen LogP contribution in [0.4, 0.5) is 0 Å². The minimum Gasteiger partial charge on any atom is -0.478 e. The van der Waals surface area contributed by atoms with E-state index in [0.29, 0.717) is 6.54 Å². The smallest absolute Gasteiger partial charge is 0.335 e. The Morgan fingerprint density at radius 2 is 1.79 bits per heavy atom. The van der Waals surface area contributed by atoms with Gasteiger partial charge in [0.2, 0.25) is 0 Å². The second-order valence-electron chi connectivity index (χ2n) is 8.01. The predicted octanol–water partition coefficient (Wildman–Crippen LogP) is 5.17. The molecule has 4 aromatic rings. The van der Waals surface area contributed by atoms with Crippen molar-refractivity contribution < 1.29 is 14.7 Å². The van der Waals surface area contributed by atoms with Gasteiger partial charge in [-0.1, -0.05) is 60.7 Å². The van der Waals surface area contributed by atoms with Gasteiger partial charge in [-0.25, -0.2) is 4.79 Å². The van der Waals surface area contributed by atoms with Crippen LogP contribution in [-0.2, 0) is 11.3 Å². The molecule has 1 amide bonds. The quantitative estimate of drug-likeness (QED) is 0.300. The second-order valence-corrected chi connectivity index (χ2v) is 8.01. The van der Waals surface area contributed by atoms with Gasteiger partial charge in [0.25, 0.3) is 5.91 Å². The van der Waals surface area contributed by atoms with E-state index in [9.17, 15) is 20.0 Å². The molecule has 1 heterocycles. The topological polar surface area (TPSA) is 95.1 Å². The number of carboxylic acids is 1. The zero-order valence-electron chi connectivity index (χ0n) is 18.6. The summed E-state index contributed by atoms with van der Waals surface area (Å²) in [4.78, 5) is 24.2. The highest BCUT2D eigenvalue weighted by Crippen LogP contribution is 2.25. The number of carboxylic acid groups (broad SMARTS) is 1. The molecule has 6 heteroatoms. The molecule has 0 spiro atoms. The van der Waals surface area contributed by atoms with E-state index < -0.39 is 11.9 Å². The standard InChI is InChI=1S/C28H23N3O3/c1-19(21-9-3-2-4-10-21)30-27(32)23(16-29)15-24-18-31(26-13-6-5-12-25(24)26)17-20-8-7-11-22(14-20)28(33)34/h2-15,18-19H,17H2,1H3,(H,30,32)(H,33,34)/b23-15-/t19-/m1/s1. The fourth-order valence-electron chi connectivity index (χ4n) is 3.92. The van der Waals surface area contributed by atoms with Gasteiger partial charge in [-0.05, 0) is 42.3 Å². The summed E-state index contributed by atoms with van der Waals surface area (Å²) in [5.41, 5.74) is 3.69. The van der Waals surface area contributed by atoms with Crippen LogP contribution in [0.15, 0.2) is 90.6 Å². The summed E-state index contributed by atoms with van der Waals surface area (Å²) in [5, 5.41) is 22.8. The Labute approximate surface area is 197 Å². The maximum absolute atomic E-state index is 12.8. The molecule has 0 radical (unpaired) electrons. The number of aromatic carboxylic acids is 1. The maximum Gasteiger partial charge on any atom is 0.335 e. The number of aromatic nitrogens is 1. The van der Waals surface area contributed by atoms with Crippen LogP contribution in [0.2, 0.25) is 0 Å². The Balaban J connectivity index is 1.65. The third kappa shape index (κ3) is 4.89. The lowest BCUT2D eigenvalue weighted by molar-refractivity contribution is -0.117. The van der Waals surface area contributed by atoms with E-state index in [1.807, 2.05) is 84.4 Å². The van der Waals surface area contributed by atoms with Crippen molar-refractivity contribution in [3.8, 4) is 6.07 Å². The average molecular weight is 450 g/mol. The van der Waals surface area contributed by atoms with Crippen molar-refractivity contribution >= 4 is 28.9 Å². The number of rotatable bonds is 7. The number of fused-ring (bicyclic) bond motifs is 1. The SMILES string of the molecule is C[C@@H](NC(=O)/C(C#N)=C\c1cn(Cc2cccc(C(=O)O)c2)c2ccccc12)c1ccccc1. The minimum atomic E-state index is -0.975. The number of benzene rings is 3. The lowest BCUT2D eigenvalue weighted by Crippen LogP contribution is -2.27. The number of nitriles is 1. The minimum absolute atomic E-state index is 0.0126. The molecule has 1 aromatic heterocycles. The summed E-state index contributed by atoms with van der Waals surface area (Å²) in [6.45, 7) is 2.33. The van der Waals surface area contributed by atoms with E-state index in [0.717, 1.165) is 27.6 Å². The first-order valence-corrected chi connectivity index (χ1v) is 10.8. The molecule has 0 fully saturated rings. The van der Waals surface area contributed by atoms with Crippen LogP contribution in [0.1, 0.15) is 40.0 Å². The summed E-state index contributed by atoms with van der Waals surface area (Å²) in [5.74, 6) is -1.41. The highest BCUT2D eigenvalue weighted by molar-refractivity contribution is 6.04. The molecular weight excluding hydrogens is 426 g/mol. The van der Waals surface area contributed by atoms with E-state index in [1.54, 1.807) is 24.3 Å². The Kier molecular flexibility index (Phi) is 6.56. The number of para-hydroxylation sites is 1. The zero-order valence-corrected chi connectivity index (χ0v) is 18.6. The fourth-order valence-corrected chi connectivity index (χ4v) is 3.92. The summed E-state index contributed by atoms with van der Waals surface area (Å²) in [6.07, 6.45) is 3.48. The van der Waals surface area contributed by atoms with Crippen LogP contribution in [0.5, 0.6) is 0 Å². The molecule has 3 aromatic carbocycles. The van der Waals surface area contributed by atoms with Crippen molar-refractivity contribution in [2.24, 2.45) is 0 Å². The van der Waals surface area contributed by atoms with Crippen LogP contribution in [0.3, 0.4) is 0 Å². The Bertz CT molecular complexity index is 1430.